The summed E-state index contributed by atoms with van der Waals surface area (Å²) in [7, 11) is -3.09. The largest absolute Gasteiger partial charge is 0.352 e. The van der Waals surface area contributed by atoms with Crippen LogP contribution in [0.5, 0.6) is 0 Å². The lowest BCUT2D eigenvalue weighted by atomic mass is 10.1. The molecule has 1 aliphatic carbocycles. The first-order chi connectivity index (χ1) is 14.4. The Morgan fingerprint density at radius 1 is 0.967 bits per heavy atom. The van der Waals surface area contributed by atoms with E-state index in [1.54, 1.807) is 4.90 Å². The number of nitrogens with zero attached hydrogens (tertiary/aromatic N) is 3. The van der Waals surface area contributed by atoms with Gasteiger partial charge in [-0.15, -0.1) is 0 Å². The Bertz CT molecular complexity index is 864. The maximum Gasteiger partial charge on any atom is 0.241 e. The van der Waals surface area contributed by atoms with Crippen LogP contribution in [0.25, 0.3) is 0 Å². The summed E-state index contributed by atoms with van der Waals surface area (Å²) in [6.07, 6.45) is 2.65. The van der Waals surface area contributed by atoms with Gasteiger partial charge < -0.3 is 10.2 Å². The zero-order valence-corrected chi connectivity index (χ0v) is 18.0. The first-order valence-electron chi connectivity index (χ1n) is 10.7. The topological polar surface area (TPSA) is 90.0 Å². The van der Waals surface area contributed by atoms with Crippen LogP contribution in [0, 0.1) is 0 Å². The fraction of sp³-hybridized carbons (Fsp3) is 0.619. The minimum Gasteiger partial charge on any atom is -0.352 e. The maximum atomic E-state index is 13.2. The van der Waals surface area contributed by atoms with Crippen LogP contribution in [0.3, 0.4) is 0 Å². The zero-order chi connectivity index (χ0) is 21.1. The highest BCUT2D eigenvalue weighted by atomic mass is 32.2. The van der Waals surface area contributed by atoms with E-state index in [4.69, 9.17) is 0 Å². The Labute approximate surface area is 178 Å². The molecule has 0 aromatic heterocycles. The Hall–Kier alpha value is -1.97. The third kappa shape index (κ3) is 5.59. The number of anilines is 1. The normalized spacial score (nSPS) is 24.5. The first kappa shape index (κ1) is 21.3. The Morgan fingerprint density at radius 3 is 2.17 bits per heavy atom. The van der Waals surface area contributed by atoms with E-state index in [0.717, 1.165) is 31.6 Å². The molecule has 2 heterocycles. The van der Waals surface area contributed by atoms with Crippen molar-refractivity contribution >= 4 is 27.3 Å². The summed E-state index contributed by atoms with van der Waals surface area (Å²) in [6, 6.07) is 9.40. The van der Waals surface area contributed by atoms with Crippen LogP contribution in [-0.2, 0) is 19.4 Å². The van der Waals surface area contributed by atoms with Crippen LogP contribution in [0.2, 0.25) is 0 Å². The van der Waals surface area contributed by atoms with Crippen LogP contribution < -0.4 is 10.2 Å². The van der Waals surface area contributed by atoms with Gasteiger partial charge in [0.05, 0.1) is 30.6 Å². The fourth-order valence-corrected chi connectivity index (χ4v) is 5.90. The second-order valence-corrected chi connectivity index (χ2v) is 10.8. The smallest absolute Gasteiger partial charge is 0.241 e. The molecule has 9 heteroatoms. The van der Waals surface area contributed by atoms with Gasteiger partial charge in [0, 0.05) is 37.9 Å². The number of carbonyl (C=O) groups excluding carboxylic acids is 2. The molecule has 0 spiro atoms. The van der Waals surface area contributed by atoms with Gasteiger partial charge in [0.2, 0.25) is 11.8 Å². The van der Waals surface area contributed by atoms with Crippen molar-refractivity contribution in [3.8, 4) is 0 Å². The van der Waals surface area contributed by atoms with Crippen LogP contribution >= 0.6 is 0 Å². The van der Waals surface area contributed by atoms with Crippen LogP contribution in [-0.4, -0.2) is 92.9 Å². The van der Waals surface area contributed by atoms with E-state index in [2.05, 4.69) is 15.1 Å². The summed E-state index contributed by atoms with van der Waals surface area (Å²) in [5.74, 6) is 0.177. The summed E-state index contributed by atoms with van der Waals surface area (Å²) in [6.45, 7) is 3.59. The van der Waals surface area contributed by atoms with E-state index in [1.165, 1.54) is 0 Å². The summed E-state index contributed by atoms with van der Waals surface area (Å²) in [5.41, 5.74) is 0.750. The minimum atomic E-state index is -3.09. The Morgan fingerprint density at radius 2 is 1.60 bits per heavy atom. The van der Waals surface area contributed by atoms with Crippen LogP contribution in [0.1, 0.15) is 19.3 Å². The van der Waals surface area contributed by atoms with E-state index in [1.807, 2.05) is 30.3 Å². The van der Waals surface area contributed by atoms with Crippen molar-refractivity contribution in [1.29, 1.82) is 0 Å². The highest BCUT2D eigenvalue weighted by Gasteiger charge is 2.36. The molecule has 1 atom stereocenters. The van der Waals surface area contributed by atoms with E-state index in [0.29, 0.717) is 32.1 Å². The highest BCUT2D eigenvalue weighted by molar-refractivity contribution is 7.91. The van der Waals surface area contributed by atoms with Gasteiger partial charge >= 0.3 is 0 Å². The molecule has 1 N–H and O–H groups in total. The molecule has 1 aromatic carbocycles. The fourth-order valence-electron chi connectivity index (χ4n) is 4.20. The lowest BCUT2D eigenvalue weighted by molar-refractivity contribution is -0.124. The Kier molecular flexibility index (Phi) is 6.40. The van der Waals surface area contributed by atoms with Gasteiger partial charge in [-0.3, -0.25) is 19.4 Å². The SMILES string of the molecule is O=C(CN1CCN(CC(=O)N(c2ccccc2)C2CCS(=O)(=O)C2)CC1)NC1CC1. The van der Waals surface area contributed by atoms with Gasteiger partial charge in [-0.2, -0.15) is 0 Å². The molecule has 3 fully saturated rings. The number of piperazine rings is 1. The van der Waals surface area contributed by atoms with Gasteiger partial charge in [0.15, 0.2) is 9.84 Å². The molecule has 2 saturated heterocycles. The monoisotopic (exact) mass is 434 g/mol. The lowest BCUT2D eigenvalue weighted by Gasteiger charge is -2.36. The van der Waals surface area contributed by atoms with Crippen molar-refractivity contribution < 1.29 is 18.0 Å². The molecule has 164 valence electrons. The third-order valence-corrected chi connectivity index (χ3v) is 7.76. The van der Waals surface area contributed by atoms with Crippen molar-refractivity contribution in [3.05, 3.63) is 30.3 Å². The number of hydrogen-bond acceptors (Lipinski definition) is 6. The molecule has 4 rings (SSSR count). The van der Waals surface area contributed by atoms with Crippen LogP contribution in [0.15, 0.2) is 30.3 Å². The number of sulfone groups is 1. The van der Waals surface area contributed by atoms with E-state index in [9.17, 15) is 18.0 Å². The Balaban J connectivity index is 1.33. The number of amides is 2. The molecule has 0 radical (unpaired) electrons. The molecule has 3 aliphatic rings. The van der Waals surface area contributed by atoms with E-state index >= 15 is 0 Å². The van der Waals surface area contributed by atoms with Crippen molar-refractivity contribution in [3.63, 3.8) is 0 Å². The molecule has 1 aromatic rings. The summed E-state index contributed by atoms with van der Waals surface area (Å²) in [4.78, 5) is 31.1. The average molecular weight is 435 g/mol. The number of rotatable bonds is 7. The van der Waals surface area contributed by atoms with Crippen molar-refractivity contribution in [1.82, 2.24) is 15.1 Å². The number of benzene rings is 1. The zero-order valence-electron chi connectivity index (χ0n) is 17.2. The molecule has 8 nitrogen and oxygen atoms in total. The van der Waals surface area contributed by atoms with Gasteiger partial charge in [-0.05, 0) is 31.4 Å². The van der Waals surface area contributed by atoms with Crippen molar-refractivity contribution in [2.45, 2.75) is 31.3 Å². The van der Waals surface area contributed by atoms with Gasteiger partial charge in [0.1, 0.15) is 0 Å². The van der Waals surface area contributed by atoms with Crippen molar-refractivity contribution in [2.24, 2.45) is 0 Å². The lowest BCUT2D eigenvalue weighted by Crippen LogP contribution is -2.53. The molecule has 2 aliphatic heterocycles. The third-order valence-electron chi connectivity index (χ3n) is 6.01. The number of nitrogens with one attached hydrogen (secondary N) is 1. The average Bonchev–Trinajstić information content (AvgIpc) is 3.45. The van der Waals surface area contributed by atoms with Gasteiger partial charge in [-0.25, -0.2) is 8.42 Å². The predicted octanol–water partition coefficient (Wildman–Crippen LogP) is 0.103. The van der Waals surface area contributed by atoms with Crippen molar-refractivity contribution in [2.75, 3.05) is 55.7 Å². The summed E-state index contributed by atoms with van der Waals surface area (Å²) < 4.78 is 24.0. The molecule has 1 unspecified atom stereocenters. The summed E-state index contributed by atoms with van der Waals surface area (Å²) in [5, 5.41) is 3.01. The van der Waals surface area contributed by atoms with E-state index < -0.39 is 9.84 Å². The number of hydrogen-bond donors (Lipinski definition) is 1. The maximum absolute atomic E-state index is 13.2. The quantitative estimate of drug-likeness (QED) is 0.655. The molecule has 1 saturated carbocycles. The second-order valence-electron chi connectivity index (χ2n) is 8.55. The standard InChI is InChI=1S/C21H30N4O4S/c26-20(22-17-6-7-17)14-23-9-11-24(12-10-23)15-21(27)25(18-4-2-1-3-5-18)19-8-13-30(28,29)16-19/h1-5,17,19H,6-16H2,(H,22,26). The molecule has 2 amide bonds. The molecule has 30 heavy (non-hydrogen) atoms. The van der Waals surface area contributed by atoms with Crippen LogP contribution in [0.4, 0.5) is 5.69 Å². The highest BCUT2D eigenvalue weighted by Crippen LogP contribution is 2.25. The second kappa shape index (κ2) is 9.03. The molecular formula is C21H30N4O4S. The number of para-hydroxylation sites is 1. The number of carbonyl (C=O) groups is 2. The predicted molar refractivity (Wildman–Crippen MR) is 115 cm³/mol. The first-order valence-corrected chi connectivity index (χ1v) is 12.5. The minimum absolute atomic E-state index is 0.0253. The summed E-state index contributed by atoms with van der Waals surface area (Å²) >= 11 is 0. The van der Waals surface area contributed by atoms with E-state index in [-0.39, 0.29) is 35.9 Å². The molecule has 0 bridgehead atoms. The van der Waals surface area contributed by atoms with Gasteiger partial charge in [-0.1, -0.05) is 18.2 Å². The molecular weight excluding hydrogens is 404 g/mol. The van der Waals surface area contributed by atoms with Gasteiger partial charge in [0.25, 0.3) is 0 Å².